The predicted molar refractivity (Wildman–Crippen MR) is 119 cm³/mol. The summed E-state index contributed by atoms with van der Waals surface area (Å²) in [6.07, 6.45) is -9.10. The lowest BCUT2D eigenvalue weighted by Gasteiger charge is -2.57. The molecule has 3 rings (SSSR count). The molecule has 1 atom stereocenters. The fraction of sp³-hybridized carbons (Fsp3) is 0.480. The molecule has 0 spiro atoms. The second-order valence-corrected chi connectivity index (χ2v) is 9.10. The molecule has 192 valence electrons. The number of hydrogen-bond acceptors (Lipinski definition) is 3. The van der Waals surface area contributed by atoms with Gasteiger partial charge in [-0.25, -0.2) is 0 Å². The summed E-state index contributed by atoms with van der Waals surface area (Å²) in [5.41, 5.74) is -2.90. The maximum atomic E-state index is 13.3. The van der Waals surface area contributed by atoms with Crippen molar-refractivity contribution >= 4 is 6.41 Å². The van der Waals surface area contributed by atoms with E-state index >= 15 is 0 Å². The van der Waals surface area contributed by atoms with Gasteiger partial charge in [-0.05, 0) is 55.6 Å². The lowest BCUT2D eigenvalue weighted by molar-refractivity contribution is -0.143. The van der Waals surface area contributed by atoms with Gasteiger partial charge in [-0.1, -0.05) is 37.3 Å². The third-order valence-corrected chi connectivity index (χ3v) is 6.50. The van der Waals surface area contributed by atoms with Gasteiger partial charge in [-0.2, -0.15) is 26.3 Å². The molecule has 1 saturated carbocycles. The van der Waals surface area contributed by atoms with Crippen molar-refractivity contribution in [2.45, 2.75) is 56.1 Å². The molecule has 0 aliphatic heterocycles. The quantitative estimate of drug-likeness (QED) is 0.327. The highest BCUT2D eigenvalue weighted by Crippen LogP contribution is 2.51. The van der Waals surface area contributed by atoms with Crippen LogP contribution in [0, 0.1) is 0 Å². The van der Waals surface area contributed by atoms with Gasteiger partial charge < -0.3 is 15.4 Å². The maximum Gasteiger partial charge on any atom is 0.416 e. The number of nitrogens with one attached hydrogen (secondary N) is 2. The number of carbonyl (C=O) groups is 1. The summed E-state index contributed by atoms with van der Waals surface area (Å²) >= 11 is 0. The lowest BCUT2D eigenvalue weighted by atomic mass is 9.54. The van der Waals surface area contributed by atoms with Gasteiger partial charge in [-0.15, -0.1) is 0 Å². The van der Waals surface area contributed by atoms with E-state index in [9.17, 15) is 31.1 Å². The van der Waals surface area contributed by atoms with E-state index in [1.54, 1.807) is 0 Å². The highest BCUT2D eigenvalue weighted by atomic mass is 19.4. The molecule has 1 fully saturated rings. The molecule has 1 aliphatic carbocycles. The van der Waals surface area contributed by atoms with E-state index in [-0.39, 0.29) is 18.2 Å². The van der Waals surface area contributed by atoms with Gasteiger partial charge in [0.1, 0.15) is 0 Å². The first-order chi connectivity index (χ1) is 16.3. The Kier molecular flexibility index (Phi) is 7.86. The molecule has 2 aromatic carbocycles. The number of rotatable bonds is 10. The van der Waals surface area contributed by atoms with Crippen LogP contribution in [-0.4, -0.2) is 31.6 Å². The highest BCUT2D eigenvalue weighted by molar-refractivity contribution is 5.47. The predicted octanol–water partition coefficient (Wildman–Crippen LogP) is 5.63. The zero-order chi connectivity index (χ0) is 25.9. The van der Waals surface area contributed by atoms with Crippen LogP contribution in [-0.2, 0) is 27.3 Å². The Morgan fingerprint density at radius 1 is 1.00 bits per heavy atom. The molecule has 0 aromatic heterocycles. The van der Waals surface area contributed by atoms with Crippen LogP contribution in [0.4, 0.5) is 26.3 Å². The van der Waals surface area contributed by atoms with E-state index in [1.165, 1.54) is 6.92 Å². The molecule has 2 aromatic rings. The van der Waals surface area contributed by atoms with Crippen LogP contribution in [0.15, 0.2) is 48.5 Å². The van der Waals surface area contributed by atoms with Crippen molar-refractivity contribution in [3.63, 3.8) is 0 Å². The molecule has 0 radical (unpaired) electrons. The van der Waals surface area contributed by atoms with Crippen LogP contribution in [0.1, 0.15) is 55.0 Å². The Balaban J connectivity index is 1.87. The van der Waals surface area contributed by atoms with E-state index in [0.717, 1.165) is 5.56 Å². The average molecular weight is 502 g/mol. The van der Waals surface area contributed by atoms with Crippen molar-refractivity contribution in [3.8, 4) is 0 Å². The van der Waals surface area contributed by atoms with E-state index in [0.29, 0.717) is 44.5 Å². The average Bonchev–Trinajstić information content (AvgIpc) is 2.78. The molecule has 2 N–H and O–H groups in total. The first-order valence-electron chi connectivity index (χ1n) is 11.2. The zero-order valence-corrected chi connectivity index (χ0v) is 19.4. The number of benzene rings is 2. The molecule has 0 saturated heterocycles. The van der Waals surface area contributed by atoms with Crippen LogP contribution in [0.2, 0.25) is 0 Å². The van der Waals surface area contributed by atoms with Gasteiger partial charge in [0.2, 0.25) is 6.41 Å². The van der Waals surface area contributed by atoms with E-state index < -0.39 is 40.5 Å². The van der Waals surface area contributed by atoms with Gasteiger partial charge in [0, 0.05) is 17.5 Å². The van der Waals surface area contributed by atoms with Crippen molar-refractivity contribution < 1.29 is 35.9 Å². The topological polar surface area (TPSA) is 50.4 Å². The second-order valence-electron chi connectivity index (χ2n) is 9.10. The molecule has 1 aliphatic rings. The Labute approximate surface area is 200 Å². The van der Waals surface area contributed by atoms with Gasteiger partial charge in [0.25, 0.3) is 0 Å². The normalized spacial score (nSPS) is 23.4. The van der Waals surface area contributed by atoms with E-state index in [2.05, 4.69) is 10.6 Å². The summed E-state index contributed by atoms with van der Waals surface area (Å²) in [5, 5.41) is 6.09. The van der Waals surface area contributed by atoms with Crippen molar-refractivity contribution in [2.75, 3.05) is 19.7 Å². The fourth-order valence-corrected chi connectivity index (χ4v) is 4.94. The molecule has 35 heavy (non-hydrogen) atoms. The Hall–Kier alpha value is -2.59. The Morgan fingerprint density at radius 3 is 2.06 bits per heavy atom. The van der Waals surface area contributed by atoms with E-state index in [1.807, 2.05) is 37.3 Å². The molecular weight excluding hydrogens is 474 g/mol. The van der Waals surface area contributed by atoms with Gasteiger partial charge in [0.05, 0.1) is 23.8 Å². The van der Waals surface area contributed by atoms with Gasteiger partial charge >= 0.3 is 12.4 Å². The Morgan fingerprint density at radius 2 is 1.57 bits per heavy atom. The summed E-state index contributed by atoms with van der Waals surface area (Å²) in [6, 6.07) is 10.9. The molecule has 1 amide bonds. The summed E-state index contributed by atoms with van der Waals surface area (Å²) < 4.78 is 85.6. The number of carbonyl (C=O) groups excluding carboxylic acids is 1. The number of halogens is 6. The number of hydrogen-bond donors (Lipinski definition) is 2. The third-order valence-electron chi connectivity index (χ3n) is 6.50. The molecule has 0 heterocycles. The molecule has 10 heteroatoms. The van der Waals surface area contributed by atoms with Crippen LogP contribution in [0.3, 0.4) is 0 Å². The van der Waals surface area contributed by atoms with Crippen molar-refractivity contribution in [1.29, 1.82) is 0 Å². The smallest absolute Gasteiger partial charge is 0.373 e. The molecular formula is C25H28F6N2O2. The minimum Gasteiger partial charge on any atom is -0.373 e. The summed E-state index contributed by atoms with van der Waals surface area (Å²) in [7, 11) is 0. The first kappa shape index (κ1) is 27.0. The zero-order valence-electron chi connectivity index (χ0n) is 19.4. The van der Waals surface area contributed by atoms with Crippen LogP contribution < -0.4 is 10.6 Å². The number of likely N-dealkylation sites (N-methyl/N-ethyl adjacent to an activating group) is 1. The van der Waals surface area contributed by atoms with E-state index in [4.69, 9.17) is 4.74 Å². The Bertz CT molecular complexity index is 969. The minimum atomic E-state index is -4.92. The monoisotopic (exact) mass is 502 g/mol. The van der Waals surface area contributed by atoms with Crippen LogP contribution in [0.5, 0.6) is 0 Å². The van der Waals surface area contributed by atoms with Crippen LogP contribution in [0.25, 0.3) is 0 Å². The summed E-state index contributed by atoms with van der Waals surface area (Å²) in [4.78, 5) is 10.9. The number of ether oxygens (including phenoxy) is 1. The molecule has 0 bridgehead atoms. The van der Waals surface area contributed by atoms with Gasteiger partial charge in [-0.3, -0.25) is 4.79 Å². The number of amides is 1. The molecule has 0 unspecified atom stereocenters. The second kappa shape index (κ2) is 10.2. The summed E-state index contributed by atoms with van der Waals surface area (Å²) in [5.74, 6) is 0. The lowest BCUT2D eigenvalue weighted by Crippen LogP contribution is -2.67. The van der Waals surface area contributed by atoms with Crippen molar-refractivity contribution in [1.82, 2.24) is 10.6 Å². The third kappa shape index (κ3) is 6.16. The maximum absolute atomic E-state index is 13.3. The fourth-order valence-electron chi connectivity index (χ4n) is 4.94. The number of alkyl halides is 6. The van der Waals surface area contributed by atoms with Crippen LogP contribution >= 0.6 is 0 Å². The highest BCUT2D eigenvalue weighted by Gasteiger charge is 2.55. The summed E-state index contributed by atoms with van der Waals surface area (Å²) in [6.45, 7) is 4.52. The standard InChI is InChI=1S/C25H28F6N2O2/c1-3-33-23(14-32-16-34)12-22(13-23,19-7-5-4-6-8-19)15-35-17(2)18-9-20(24(26,27)28)11-21(10-18)25(29,30)31/h4-11,16-17,33H,3,12-15H2,1-2H3,(H,32,34)/t17-,22?,23?/m1/s1. The first-order valence-corrected chi connectivity index (χ1v) is 11.2. The molecule has 4 nitrogen and oxygen atoms in total. The van der Waals surface area contributed by atoms with Gasteiger partial charge in [0.15, 0.2) is 0 Å². The largest absolute Gasteiger partial charge is 0.416 e. The SMILES string of the molecule is CCNC1(CNC=O)CC(CO[C@H](C)c2cc(C(F)(F)F)cc(C(F)(F)F)c2)(c2ccccc2)C1. The minimum absolute atomic E-state index is 0.0873. The van der Waals surface area contributed by atoms with Crippen molar-refractivity contribution in [3.05, 3.63) is 70.8 Å². The van der Waals surface area contributed by atoms with Crippen molar-refractivity contribution in [2.24, 2.45) is 0 Å².